The minimum atomic E-state index is -1.10. The van der Waals surface area contributed by atoms with E-state index in [1.807, 2.05) is 12.1 Å². The first-order valence-corrected chi connectivity index (χ1v) is 14.5. The Bertz CT molecular complexity index is 1530. The first kappa shape index (κ1) is 29.5. The van der Waals surface area contributed by atoms with Gasteiger partial charge in [0.25, 0.3) is 0 Å². The molecule has 1 aliphatic heterocycles. The molecule has 42 heavy (non-hydrogen) atoms. The third-order valence-corrected chi connectivity index (χ3v) is 8.01. The molecule has 3 N–H and O–H groups in total. The van der Waals surface area contributed by atoms with Gasteiger partial charge in [0.05, 0.1) is 31.3 Å². The number of amides is 1. The Kier molecular flexibility index (Phi) is 9.72. The highest BCUT2D eigenvalue weighted by Gasteiger charge is 2.19. The molecule has 13 heteroatoms. The highest BCUT2D eigenvalue weighted by molar-refractivity contribution is 7.15. The second-order valence-electron chi connectivity index (χ2n) is 10.00. The molecule has 0 unspecified atom stereocenters. The Balaban J connectivity index is 1.19. The molecule has 3 heterocycles. The number of aromatic nitrogens is 3. The van der Waals surface area contributed by atoms with Crippen LogP contribution >= 0.6 is 11.3 Å². The average molecular weight is 599 g/mol. The lowest BCUT2D eigenvalue weighted by Gasteiger charge is -2.30. The van der Waals surface area contributed by atoms with Crippen molar-refractivity contribution in [1.29, 1.82) is 0 Å². The SMILES string of the molecule is COc1cc2c(Nc3ncc(CC(=O)Nc4cccc(F)c4F)s3)ncnc2cc1OCCCN1CCC(CO)CC1. The number of halogens is 2. The van der Waals surface area contributed by atoms with Crippen molar-refractivity contribution >= 4 is 44.8 Å². The van der Waals surface area contributed by atoms with Crippen LogP contribution in [0.3, 0.4) is 0 Å². The summed E-state index contributed by atoms with van der Waals surface area (Å²) in [4.78, 5) is 28.5. The number of nitrogens with zero attached hydrogens (tertiary/aromatic N) is 4. The quantitative estimate of drug-likeness (QED) is 0.198. The number of fused-ring (bicyclic) bond motifs is 1. The number of aliphatic hydroxyl groups is 1. The van der Waals surface area contributed by atoms with Gasteiger partial charge in [0.1, 0.15) is 12.1 Å². The van der Waals surface area contributed by atoms with Crippen molar-refractivity contribution < 1.29 is 28.2 Å². The smallest absolute Gasteiger partial charge is 0.229 e. The number of ether oxygens (including phenoxy) is 2. The highest BCUT2D eigenvalue weighted by Crippen LogP contribution is 2.35. The maximum atomic E-state index is 13.9. The Labute approximate surface area is 245 Å². The Hall–Kier alpha value is -3.94. The predicted octanol–water partition coefficient (Wildman–Crippen LogP) is 4.77. The van der Waals surface area contributed by atoms with Crippen LogP contribution in [0.5, 0.6) is 11.5 Å². The lowest BCUT2D eigenvalue weighted by Crippen LogP contribution is -2.35. The van der Waals surface area contributed by atoms with Crippen molar-refractivity contribution in [1.82, 2.24) is 19.9 Å². The topological polar surface area (TPSA) is 122 Å². The molecule has 0 aliphatic carbocycles. The van der Waals surface area contributed by atoms with Crippen LogP contribution < -0.4 is 20.1 Å². The van der Waals surface area contributed by atoms with Crippen LogP contribution in [0.1, 0.15) is 24.1 Å². The van der Waals surface area contributed by atoms with Crippen LogP contribution in [0.2, 0.25) is 0 Å². The molecule has 1 amide bonds. The molecule has 1 saturated heterocycles. The summed E-state index contributed by atoms with van der Waals surface area (Å²) in [5.74, 6) is -0.571. The summed E-state index contributed by atoms with van der Waals surface area (Å²) in [5, 5.41) is 16.1. The number of piperidine rings is 1. The Morgan fingerprint density at radius 3 is 2.79 bits per heavy atom. The van der Waals surface area contributed by atoms with Gasteiger partial charge in [-0.25, -0.2) is 23.7 Å². The van der Waals surface area contributed by atoms with E-state index in [4.69, 9.17) is 9.47 Å². The number of hydrogen-bond acceptors (Lipinski definition) is 10. The van der Waals surface area contributed by atoms with Crippen molar-refractivity contribution in [3.63, 3.8) is 0 Å². The van der Waals surface area contributed by atoms with Gasteiger partial charge in [-0.15, -0.1) is 11.3 Å². The van der Waals surface area contributed by atoms with E-state index in [0.29, 0.717) is 50.8 Å². The summed E-state index contributed by atoms with van der Waals surface area (Å²) in [6, 6.07) is 7.23. The monoisotopic (exact) mass is 598 g/mol. The fourth-order valence-electron chi connectivity index (χ4n) is 4.80. The third-order valence-electron chi connectivity index (χ3n) is 7.10. The molecule has 0 radical (unpaired) electrons. The van der Waals surface area contributed by atoms with Crippen molar-refractivity contribution in [3.05, 3.63) is 59.4 Å². The summed E-state index contributed by atoms with van der Waals surface area (Å²) < 4.78 is 39.0. The van der Waals surface area contributed by atoms with Crippen LogP contribution in [0.25, 0.3) is 10.9 Å². The molecule has 0 bridgehead atoms. The summed E-state index contributed by atoms with van der Waals surface area (Å²) in [6.45, 7) is 3.73. The summed E-state index contributed by atoms with van der Waals surface area (Å²) >= 11 is 1.24. The first-order chi connectivity index (χ1) is 20.4. The van der Waals surface area contributed by atoms with E-state index >= 15 is 0 Å². The van der Waals surface area contributed by atoms with Crippen LogP contribution in [-0.4, -0.2) is 70.8 Å². The molecule has 0 spiro atoms. The number of carbonyl (C=O) groups excluding carboxylic acids is 1. The van der Waals surface area contributed by atoms with E-state index in [1.54, 1.807) is 13.3 Å². The molecule has 4 aromatic rings. The molecule has 222 valence electrons. The van der Waals surface area contributed by atoms with Crippen molar-refractivity contribution in [3.8, 4) is 11.5 Å². The average Bonchev–Trinajstić information content (AvgIpc) is 3.44. The maximum Gasteiger partial charge on any atom is 0.229 e. The zero-order valence-electron chi connectivity index (χ0n) is 23.1. The molecular weight excluding hydrogens is 566 g/mol. The number of nitrogens with one attached hydrogen (secondary N) is 2. The van der Waals surface area contributed by atoms with Gasteiger partial charge in [0.15, 0.2) is 28.3 Å². The van der Waals surface area contributed by atoms with Crippen LogP contribution in [0, 0.1) is 17.6 Å². The molecule has 1 fully saturated rings. The van der Waals surface area contributed by atoms with Gasteiger partial charge in [-0.2, -0.15) is 0 Å². The number of benzene rings is 2. The number of carbonyl (C=O) groups is 1. The lowest BCUT2D eigenvalue weighted by atomic mass is 9.98. The lowest BCUT2D eigenvalue weighted by molar-refractivity contribution is -0.115. The van der Waals surface area contributed by atoms with Gasteiger partial charge in [-0.1, -0.05) is 6.07 Å². The minimum Gasteiger partial charge on any atom is -0.493 e. The Morgan fingerprint density at radius 1 is 1.17 bits per heavy atom. The van der Waals surface area contributed by atoms with Crippen molar-refractivity contribution in [2.45, 2.75) is 25.7 Å². The first-order valence-electron chi connectivity index (χ1n) is 13.7. The van der Waals surface area contributed by atoms with E-state index in [-0.39, 0.29) is 18.7 Å². The van der Waals surface area contributed by atoms with Gasteiger partial charge in [0, 0.05) is 35.7 Å². The fraction of sp³-hybridized carbons (Fsp3) is 0.379. The molecule has 2 aromatic heterocycles. The molecular formula is C29H32F2N6O4S. The number of rotatable bonds is 12. The normalized spacial score (nSPS) is 14.2. The summed E-state index contributed by atoms with van der Waals surface area (Å²) in [7, 11) is 1.57. The van der Waals surface area contributed by atoms with Gasteiger partial charge >= 0.3 is 0 Å². The number of hydrogen-bond donors (Lipinski definition) is 3. The van der Waals surface area contributed by atoms with E-state index < -0.39 is 17.5 Å². The van der Waals surface area contributed by atoms with Crippen molar-refractivity contribution in [2.24, 2.45) is 5.92 Å². The number of anilines is 3. The molecule has 10 nitrogen and oxygen atoms in total. The molecule has 1 aliphatic rings. The number of aliphatic hydroxyl groups excluding tert-OH is 1. The number of likely N-dealkylation sites (tertiary alicyclic amines) is 1. The van der Waals surface area contributed by atoms with Crippen LogP contribution in [-0.2, 0) is 11.2 Å². The third kappa shape index (κ3) is 7.27. The zero-order valence-corrected chi connectivity index (χ0v) is 23.9. The predicted molar refractivity (Wildman–Crippen MR) is 157 cm³/mol. The fourth-order valence-corrected chi connectivity index (χ4v) is 5.61. The summed E-state index contributed by atoms with van der Waals surface area (Å²) in [5.41, 5.74) is 0.439. The maximum absolute atomic E-state index is 13.9. The number of thiazole rings is 1. The second kappa shape index (κ2) is 13.8. The molecule has 0 atom stereocenters. The van der Waals surface area contributed by atoms with Crippen LogP contribution in [0.15, 0.2) is 42.9 Å². The zero-order chi connectivity index (χ0) is 29.5. The van der Waals surface area contributed by atoms with E-state index in [2.05, 4.69) is 30.5 Å². The second-order valence-corrected chi connectivity index (χ2v) is 11.1. The number of methoxy groups -OCH3 is 1. The van der Waals surface area contributed by atoms with Crippen molar-refractivity contribution in [2.75, 3.05) is 50.6 Å². The van der Waals surface area contributed by atoms with E-state index in [1.165, 1.54) is 29.8 Å². The molecule has 0 saturated carbocycles. The van der Waals surface area contributed by atoms with Crippen LogP contribution in [0.4, 0.5) is 25.4 Å². The van der Waals surface area contributed by atoms with Gasteiger partial charge in [0.2, 0.25) is 5.91 Å². The Morgan fingerprint density at radius 2 is 2.00 bits per heavy atom. The van der Waals surface area contributed by atoms with Gasteiger partial charge in [-0.3, -0.25) is 4.79 Å². The molecule has 2 aromatic carbocycles. The highest BCUT2D eigenvalue weighted by atomic mass is 32.1. The van der Waals surface area contributed by atoms with Gasteiger partial charge < -0.3 is 30.1 Å². The standard InChI is InChI=1S/C29H32F2N6O4S/c1-40-24-13-20-23(14-25(24)41-11-3-8-37-9-6-18(16-38)7-10-37)33-17-34-28(20)36-29-32-15-19(42-29)12-26(39)35-22-5-2-4-21(30)27(22)31/h2,4-5,13-15,17-18,38H,3,6-12,16H2,1H3,(H,35,39)(H,32,33,34,36). The largest absolute Gasteiger partial charge is 0.493 e. The molecule has 5 rings (SSSR count). The van der Waals surface area contributed by atoms with Gasteiger partial charge in [-0.05, 0) is 56.5 Å². The summed E-state index contributed by atoms with van der Waals surface area (Å²) in [6.07, 6.45) is 5.84. The van der Waals surface area contributed by atoms with E-state index in [0.717, 1.165) is 45.0 Å². The van der Waals surface area contributed by atoms with E-state index in [9.17, 15) is 18.7 Å². The minimum absolute atomic E-state index is 0.0602.